The van der Waals surface area contributed by atoms with Gasteiger partial charge in [-0.05, 0) is 54.4 Å². The SMILES string of the molecule is CC(C)(C)OC(=O)NCCCC(=O)N(CCO)CCSSCCN(CCO)C(=O)CCCNC(=O)OC(C)(C)C. The van der Waals surface area contributed by atoms with E-state index in [0.29, 0.717) is 50.5 Å². The monoisotopic (exact) mass is 610 g/mol. The molecule has 12 nitrogen and oxygen atoms in total. The standard InChI is InChI=1S/C26H50N4O8S2/c1-25(2,3)37-23(35)27-11-7-9-21(33)29(13-17-31)15-19-39-40-20-16-30(14-18-32)22(34)10-8-12-28-24(36)38-26(4,5)6/h31-32H,7-20H2,1-6H3,(H,27,35)(H,28,36). The van der Waals surface area contributed by atoms with Crippen molar-refractivity contribution < 1.29 is 38.9 Å². The number of nitrogens with zero attached hydrogens (tertiary/aromatic N) is 2. The molecule has 0 aromatic carbocycles. The lowest BCUT2D eigenvalue weighted by atomic mass is 10.2. The minimum atomic E-state index is -0.581. The number of carbonyl (C=O) groups excluding carboxylic acids is 4. The topological polar surface area (TPSA) is 158 Å². The van der Waals surface area contributed by atoms with Gasteiger partial charge in [-0.1, -0.05) is 21.6 Å². The first-order chi connectivity index (χ1) is 18.7. The summed E-state index contributed by atoms with van der Waals surface area (Å²) in [6, 6.07) is 0. The molecule has 0 fully saturated rings. The van der Waals surface area contributed by atoms with Gasteiger partial charge in [-0.25, -0.2) is 9.59 Å². The molecular weight excluding hydrogens is 560 g/mol. The average Bonchev–Trinajstić information content (AvgIpc) is 2.82. The Morgan fingerprint density at radius 1 is 0.650 bits per heavy atom. The number of hydrogen-bond donors (Lipinski definition) is 4. The van der Waals surface area contributed by atoms with E-state index >= 15 is 0 Å². The molecule has 0 bridgehead atoms. The molecule has 0 atom stereocenters. The van der Waals surface area contributed by atoms with Crippen molar-refractivity contribution in [2.24, 2.45) is 0 Å². The van der Waals surface area contributed by atoms with Gasteiger partial charge in [0.25, 0.3) is 0 Å². The molecule has 0 radical (unpaired) electrons. The molecule has 40 heavy (non-hydrogen) atoms. The van der Waals surface area contributed by atoms with Gasteiger partial charge in [-0.3, -0.25) is 9.59 Å². The fraction of sp³-hybridized carbons (Fsp3) is 0.846. The van der Waals surface area contributed by atoms with Gasteiger partial charge in [0.1, 0.15) is 11.2 Å². The molecule has 0 aromatic heterocycles. The first-order valence-corrected chi connectivity index (χ1v) is 16.1. The highest BCUT2D eigenvalue weighted by atomic mass is 33.1. The molecular formula is C26H50N4O8S2. The Morgan fingerprint density at radius 3 is 1.30 bits per heavy atom. The van der Waals surface area contributed by atoms with Crippen molar-refractivity contribution >= 4 is 45.6 Å². The summed E-state index contributed by atoms with van der Waals surface area (Å²) in [4.78, 5) is 51.6. The smallest absolute Gasteiger partial charge is 0.407 e. The van der Waals surface area contributed by atoms with Crippen LogP contribution >= 0.6 is 21.6 Å². The number of carbonyl (C=O) groups is 4. The van der Waals surface area contributed by atoms with Crippen molar-refractivity contribution in [3.63, 3.8) is 0 Å². The van der Waals surface area contributed by atoms with Crippen LogP contribution in [0.3, 0.4) is 0 Å². The minimum Gasteiger partial charge on any atom is -0.444 e. The van der Waals surface area contributed by atoms with Crippen molar-refractivity contribution in [2.75, 3.05) is 64.0 Å². The number of nitrogens with one attached hydrogen (secondary N) is 2. The maximum absolute atomic E-state index is 12.5. The van der Waals surface area contributed by atoms with Gasteiger partial charge in [-0.2, -0.15) is 0 Å². The first kappa shape index (κ1) is 38.1. The lowest BCUT2D eigenvalue weighted by Crippen LogP contribution is -2.37. The Balaban J connectivity index is 4.24. The van der Waals surface area contributed by atoms with E-state index in [1.807, 2.05) is 0 Å². The second-order valence-corrected chi connectivity index (χ2v) is 13.6. The number of aliphatic hydroxyl groups is 2. The van der Waals surface area contributed by atoms with Crippen molar-refractivity contribution in [1.82, 2.24) is 20.4 Å². The van der Waals surface area contributed by atoms with Crippen LogP contribution in [-0.4, -0.2) is 119 Å². The van der Waals surface area contributed by atoms with Gasteiger partial charge in [0.15, 0.2) is 0 Å². The van der Waals surface area contributed by atoms with Crippen LogP contribution in [0.25, 0.3) is 0 Å². The highest BCUT2D eigenvalue weighted by Crippen LogP contribution is 2.21. The zero-order valence-electron chi connectivity index (χ0n) is 25.0. The van der Waals surface area contributed by atoms with Crippen molar-refractivity contribution in [2.45, 2.75) is 78.4 Å². The normalized spacial score (nSPS) is 11.5. The lowest BCUT2D eigenvalue weighted by molar-refractivity contribution is -0.132. The molecule has 0 unspecified atom stereocenters. The molecule has 234 valence electrons. The summed E-state index contributed by atoms with van der Waals surface area (Å²) in [6.45, 7) is 12.5. The Hall–Kier alpha value is -1.90. The van der Waals surface area contributed by atoms with Gasteiger partial charge >= 0.3 is 12.2 Å². The number of amides is 4. The van der Waals surface area contributed by atoms with Crippen LogP contribution in [0, 0.1) is 0 Å². The summed E-state index contributed by atoms with van der Waals surface area (Å²) in [5.41, 5.74) is -1.16. The molecule has 14 heteroatoms. The highest BCUT2D eigenvalue weighted by Gasteiger charge is 2.18. The van der Waals surface area contributed by atoms with Gasteiger partial charge < -0.3 is 40.1 Å². The Labute approximate surface area is 247 Å². The fourth-order valence-corrected chi connectivity index (χ4v) is 5.16. The van der Waals surface area contributed by atoms with E-state index in [9.17, 15) is 29.4 Å². The number of aliphatic hydroxyl groups excluding tert-OH is 2. The van der Waals surface area contributed by atoms with E-state index in [1.54, 1.807) is 72.9 Å². The van der Waals surface area contributed by atoms with E-state index in [-0.39, 0.29) is 51.0 Å². The third-order valence-electron chi connectivity index (χ3n) is 4.89. The molecule has 0 rings (SSSR count). The molecule has 0 aliphatic heterocycles. The molecule has 0 aromatic rings. The van der Waals surface area contributed by atoms with E-state index in [1.165, 1.54) is 0 Å². The third-order valence-corrected chi connectivity index (χ3v) is 7.25. The summed E-state index contributed by atoms with van der Waals surface area (Å²) in [6.07, 6.45) is 0.393. The molecule has 4 N–H and O–H groups in total. The summed E-state index contributed by atoms with van der Waals surface area (Å²) in [5.74, 6) is 1.12. The van der Waals surface area contributed by atoms with E-state index < -0.39 is 23.4 Å². The number of hydrogen-bond acceptors (Lipinski definition) is 10. The van der Waals surface area contributed by atoms with Crippen LogP contribution in [0.15, 0.2) is 0 Å². The summed E-state index contributed by atoms with van der Waals surface area (Å²) in [7, 11) is 3.14. The molecule has 0 aliphatic carbocycles. The Kier molecular flexibility index (Phi) is 19.9. The third kappa shape index (κ3) is 21.9. The summed E-state index contributed by atoms with van der Waals surface area (Å²) >= 11 is 0. The van der Waals surface area contributed by atoms with Crippen molar-refractivity contribution in [3.8, 4) is 0 Å². The van der Waals surface area contributed by atoms with Crippen LogP contribution in [0.2, 0.25) is 0 Å². The molecule has 0 heterocycles. The fourth-order valence-electron chi connectivity index (χ4n) is 3.18. The molecule has 0 saturated heterocycles. The van der Waals surface area contributed by atoms with E-state index in [4.69, 9.17) is 9.47 Å². The number of rotatable bonds is 19. The molecule has 4 amide bonds. The maximum Gasteiger partial charge on any atom is 0.407 e. The molecule has 0 saturated carbocycles. The van der Waals surface area contributed by atoms with E-state index in [2.05, 4.69) is 10.6 Å². The van der Waals surface area contributed by atoms with Crippen molar-refractivity contribution in [3.05, 3.63) is 0 Å². The Morgan fingerprint density at radius 2 is 1.00 bits per heavy atom. The van der Waals surface area contributed by atoms with Gasteiger partial charge in [0, 0.05) is 63.6 Å². The zero-order chi connectivity index (χ0) is 30.6. The second kappa shape index (κ2) is 20.9. The summed E-state index contributed by atoms with van der Waals surface area (Å²) < 4.78 is 10.3. The minimum absolute atomic E-state index is 0.0912. The quantitative estimate of drug-likeness (QED) is 0.127. The van der Waals surface area contributed by atoms with Crippen LogP contribution in [0.1, 0.15) is 67.2 Å². The van der Waals surface area contributed by atoms with Crippen LogP contribution in [0.4, 0.5) is 9.59 Å². The zero-order valence-corrected chi connectivity index (χ0v) is 26.6. The molecule has 0 spiro atoms. The van der Waals surface area contributed by atoms with Crippen LogP contribution in [0.5, 0.6) is 0 Å². The highest BCUT2D eigenvalue weighted by molar-refractivity contribution is 8.76. The van der Waals surface area contributed by atoms with E-state index in [0.717, 1.165) is 0 Å². The number of ether oxygens (including phenoxy) is 2. The largest absolute Gasteiger partial charge is 0.444 e. The average molecular weight is 611 g/mol. The maximum atomic E-state index is 12.5. The Bertz CT molecular complexity index is 698. The van der Waals surface area contributed by atoms with Gasteiger partial charge in [0.05, 0.1) is 13.2 Å². The lowest BCUT2D eigenvalue weighted by Gasteiger charge is -2.23. The predicted octanol–water partition coefficient (Wildman–Crippen LogP) is 2.62. The van der Waals surface area contributed by atoms with Crippen molar-refractivity contribution in [1.29, 1.82) is 0 Å². The summed E-state index contributed by atoms with van der Waals surface area (Å²) in [5, 5.41) is 23.9. The first-order valence-electron chi connectivity index (χ1n) is 13.6. The van der Waals surface area contributed by atoms with Crippen LogP contribution < -0.4 is 10.6 Å². The predicted molar refractivity (Wildman–Crippen MR) is 159 cm³/mol. The second-order valence-electron chi connectivity index (χ2n) is 10.9. The van der Waals surface area contributed by atoms with Crippen LogP contribution in [-0.2, 0) is 19.1 Å². The van der Waals surface area contributed by atoms with Gasteiger partial charge in [0.2, 0.25) is 11.8 Å². The van der Waals surface area contributed by atoms with Gasteiger partial charge in [-0.15, -0.1) is 0 Å². The number of alkyl carbamates (subject to hydrolysis) is 2. The molecule has 0 aliphatic rings.